The molecule has 0 aliphatic carbocycles. The van der Waals surface area contributed by atoms with Crippen LogP contribution >= 0.6 is 47.0 Å². The molecule has 0 unspecified atom stereocenters. The second kappa shape index (κ2) is 8.54. The van der Waals surface area contributed by atoms with Crippen molar-refractivity contribution in [3.8, 4) is 0 Å². The van der Waals surface area contributed by atoms with E-state index in [0.29, 0.717) is 39.6 Å². The lowest BCUT2D eigenvalue weighted by Crippen LogP contribution is -2.43. The molecule has 3 N–H and O–H groups in total. The van der Waals surface area contributed by atoms with Crippen LogP contribution in [0.25, 0.3) is 5.70 Å². The summed E-state index contributed by atoms with van der Waals surface area (Å²) in [4.78, 5) is 0. The molecule has 110 valence electrons. The standard InChI is InChI=1S/C12H14Cl3N3OS/c1-7(17-18-12(20)16-5-6-19-2)8-3-4-9(13)11(15)10(8)14/h3-4,17H,1,5-6H2,2H3,(H2,16,18,20). The SMILES string of the molecule is C=C(NNC(=S)NCCOC)c1ccc(Cl)c(Cl)c1Cl. The van der Waals surface area contributed by atoms with E-state index in [-0.39, 0.29) is 5.02 Å². The zero-order valence-corrected chi connectivity index (χ0v) is 13.8. The molecule has 1 aromatic carbocycles. The molecule has 0 saturated carbocycles. The number of rotatable bonds is 6. The van der Waals surface area contributed by atoms with Gasteiger partial charge in [-0.15, -0.1) is 0 Å². The summed E-state index contributed by atoms with van der Waals surface area (Å²) in [5, 5.41) is 4.36. The highest BCUT2D eigenvalue weighted by Crippen LogP contribution is 2.34. The van der Waals surface area contributed by atoms with Gasteiger partial charge in [0.05, 0.1) is 27.4 Å². The van der Waals surface area contributed by atoms with E-state index >= 15 is 0 Å². The van der Waals surface area contributed by atoms with Gasteiger partial charge in [-0.25, -0.2) is 0 Å². The Balaban J connectivity index is 2.55. The summed E-state index contributed by atoms with van der Waals surface area (Å²) >= 11 is 23.0. The fourth-order valence-corrected chi connectivity index (χ4v) is 2.07. The summed E-state index contributed by atoms with van der Waals surface area (Å²) in [6, 6.07) is 3.36. The highest BCUT2D eigenvalue weighted by atomic mass is 35.5. The normalized spacial score (nSPS) is 10.0. The highest BCUT2D eigenvalue weighted by Gasteiger charge is 2.11. The van der Waals surface area contributed by atoms with Crippen molar-refractivity contribution >= 4 is 57.8 Å². The van der Waals surface area contributed by atoms with Crippen LogP contribution in [0.15, 0.2) is 18.7 Å². The zero-order valence-electron chi connectivity index (χ0n) is 10.7. The van der Waals surface area contributed by atoms with Crippen LogP contribution in [0.1, 0.15) is 5.56 Å². The molecule has 20 heavy (non-hydrogen) atoms. The first-order valence-corrected chi connectivity index (χ1v) is 7.13. The van der Waals surface area contributed by atoms with Crippen LogP contribution in [-0.4, -0.2) is 25.4 Å². The Kier molecular flexibility index (Phi) is 7.40. The molecule has 0 heterocycles. The summed E-state index contributed by atoms with van der Waals surface area (Å²) in [7, 11) is 1.62. The number of hydrogen-bond acceptors (Lipinski definition) is 3. The van der Waals surface area contributed by atoms with Crippen LogP contribution in [0.2, 0.25) is 15.1 Å². The highest BCUT2D eigenvalue weighted by molar-refractivity contribution is 7.80. The molecule has 0 bridgehead atoms. The van der Waals surface area contributed by atoms with Crippen LogP contribution in [0.3, 0.4) is 0 Å². The smallest absolute Gasteiger partial charge is 0.185 e. The summed E-state index contributed by atoms with van der Waals surface area (Å²) < 4.78 is 4.89. The number of hydrogen-bond donors (Lipinski definition) is 3. The first kappa shape index (κ1) is 17.3. The number of halogens is 3. The first-order valence-electron chi connectivity index (χ1n) is 5.59. The molecule has 0 spiro atoms. The van der Waals surface area contributed by atoms with Crippen LogP contribution < -0.4 is 16.2 Å². The third kappa shape index (κ3) is 5.00. The minimum absolute atomic E-state index is 0.287. The molecule has 0 aliphatic heterocycles. The van der Waals surface area contributed by atoms with E-state index in [9.17, 15) is 0 Å². The van der Waals surface area contributed by atoms with Gasteiger partial charge in [0.15, 0.2) is 5.11 Å². The van der Waals surface area contributed by atoms with E-state index in [0.717, 1.165) is 0 Å². The van der Waals surface area contributed by atoms with Gasteiger partial charge in [-0.2, -0.15) is 0 Å². The van der Waals surface area contributed by atoms with E-state index in [1.54, 1.807) is 19.2 Å². The van der Waals surface area contributed by atoms with Gasteiger partial charge in [0.2, 0.25) is 0 Å². The van der Waals surface area contributed by atoms with Crippen LogP contribution in [0.5, 0.6) is 0 Å². The van der Waals surface area contributed by atoms with E-state index in [2.05, 4.69) is 22.7 Å². The Morgan fingerprint density at radius 3 is 2.60 bits per heavy atom. The Bertz CT molecular complexity index is 511. The van der Waals surface area contributed by atoms with Crippen molar-refractivity contribution in [2.24, 2.45) is 0 Å². The maximum atomic E-state index is 6.10. The van der Waals surface area contributed by atoms with Crippen molar-refractivity contribution < 1.29 is 4.74 Å². The fraction of sp³-hybridized carbons (Fsp3) is 0.250. The molecule has 0 aliphatic rings. The molecule has 8 heteroatoms. The van der Waals surface area contributed by atoms with Crippen LogP contribution in [0.4, 0.5) is 0 Å². The summed E-state index contributed by atoms with van der Waals surface area (Å²) in [5.41, 5.74) is 6.77. The van der Waals surface area contributed by atoms with Crippen molar-refractivity contribution in [1.82, 2.24) is 16.2 Å². The predicted molar refractivity (Wildman–Crippen MR) is 89.3 cm³/mol. The first-order chi connectivity index (χ1) is 9.47. The third-order valence-corrected chi connectivity index (χ3v) is 3.82. The maximum absolute atomic E-state index is 6.10. The number of benzene rings is 1. The molecule has 4 nitrogen and oxygen atoms in total. The fourth-order valence-electron chi connectivity index (χ4n) is 1.27. The van der Waals surface area contributed by atoms with Gasteiger partial charge in [0.25, 0.3) is 0 Å². The zero-order chi connectivity index (χ0) is 15.1. The number of ether oxygens (including phenoxy) is 1. The Morgan fingerprint density at radius 2 is 1.95 bits per heavy atom. The third-order valence-electron chi connectivity index (χ3n) is 2.28. The predicted octanol–water partition coefficient (Wildman–Crippen LogP) is 3.23. The van der Waals surface area contributed by atoms with Gasteiger partial charge in [0.1, 0.15) is 0 Å². The molecule has 0 amide bonds. The van der Waals surface area contributed by atoms with Gasteiger partial charge in [-0.05, 0) is 24.4 Å². The lowest BCUT2D eigenvalue weighted by atomic mass is 10.2. The molecule has 0 saturated heterocycles. The Morgan fingerprint density at radius 1 is 1.25 bits per heavy atom. The molecule has 0 atom stereocenters. The van der Waals surface area contributed by atoms with E-state index in [1.165, 1.54) is 0 Å². The lowest BCUT2D eigenvalue weighted by Gasteiger charge is -2.15. The summed E-state index contributed by atoms with van der Waals surface area (Å²) in [5.74, 6) is 0. The summed E-state index contributed by atoms with van der Waals surface area (Å²) in [6.45, 7) is 5.01. The van der Waals surface area contributed by atoms with Crippen molar-refractivity contribution in [3.63, 3.8) is 0 Å². The van der Waals surface area contributed by atoms with Crippen molar-refractivity contribution in [1.29, 1.82) is 0 Å². The maximum Gasteiger partial charge on any atom is 0.185 e. The quantitative estimate of drug-likeness (QED) is 0.317. The molecular formula is C12H14Cl3N3OS. The van der Waals surface area contributed by atoms with Gasteiger partial charge >= 0.3 is 0 Å². The van der Waals surface area contributed by atoms with E-state index < -0.39 is 0 Å². The average molecular weight is 355 g/mol. The number of methoxy groups -OCH3 is 1. The lowest BCUT2D eigenvalue weighted by molar-refractivity contribution is 0.204. The van der Waals surface area contributed by atoms with Gasteiger partial charge in [-0.3, -0.25) is 10.9 Å². The van der Waals surface area contributed by atoms with Crippen molar-refractivity contribution in [2.45, 2.75) is 0 Å². The monoisotopic (exact) mass is 353 g/mol. The van der Waals surface area contributed by atoms with E-state index in [1.807, 2.05) is 0 Å². The molecule has 1 rings (SSSR count). The largest absolute Gasteiger partial charge is 0.383 e. The molecule has 0 radical (unpaired) electrons. The summed E-state index contributed by atoms with van der Waals surface area (Å²) in [6.07, 6.45) is 0. The Labute approximate surface area is 138 Å². The topological polar surface area (TPSA) is 45.3 Å². The van der Waals surface area contributed by atoms with Gasteiger partial charge in [-0.1, -0.05) is 41.4 Å². The minimum atomic E-state index is 0.287. The number of nitrogens with one attached hydrogen (secondary N) is 3. The minimum Gasteiger partial charge on any atom is -0.383 e. The second-order valence-electron chi connectivity index (χ2n) is 3.70. The van der Waals surface area contributed by atoms with Crippen molar-refractivity contribution in [3.05, 3.63) is 39.3 Å². The average Bonchev–Trinajstić information content (AvgIpc) is 2.42. The van der Waals surface area contributed by atoms with E-state index in [4.69, 9.17) is 51.8 Å². The molecular weight excluding hydrogens is 341 g/mol. The van der Waals surface area contributed by atoms with Crippen LogP contribution in [-0.2, 0) is 4.74 Å². The van der Waals surface area contributed by atoms with Gasteiger partial charge < -0.3 is 10.1 Å². The molecule has 0 aromatic heterocycles. The Hall–Kier alpha value is -0.720. The second-order valence-corrected chi connectivity index (χ2v) is 5.27. The number of hydrazine groups is 1. The molecule has 1 aromatic rings. The van der Waals surface area contributed by atoms with Crippen molar-refractivity contribution in [2.75, 3.05) is 20.3 Å². The van der Waals surface area contributed by atoms with Crippen LogP contribution in [0, 0.1) is 0 Å². The number of thiocarbonyl (C=S) groups is 1. The molecule has 0 fully saturated rings. The van der Waals surface area contributed by atoms with Gasteiger partial charge in [0, 0.05) is 19.2 Å².